The predicted molar refractivity (Wildman–Crippen MR) is 74.6 cm³/mol. The number of pyridine rings is 1. The van der Waals surface area contributed by atoms with Crippen molar-refractivity contribution in [3.8, 4) is 11.4 Å². The third-order valence-corrected chi connectivity index (χ3v) is 2.76. The smallest absolute Gasteiger partial charge is 0.255 e. The van der Waals surface area contributed by atoms with Gasteiger partial charge < -0.3 is 10.3 Å². The second kappa shape index (κ2) is 5.37. The number of hydrogen-bond acceptors (Lipinski definition) is 5. The van der Waals surface area contributed by atoms with Crippen molar-refractivity contribution >= 4 is 11.6 Å². The Kier molecular flexibility index (Phi) is 3.26. The van der Waals surface area contributed by atoms with Crippen LogP contribution in [0.1, 0.15) is 10.4 Å². The van der Waals surface area contributed by atoms with Gasteiger partial charge in [0, 0.05) is 29.1 Å². The maximum Gasteiger partial charge on any atom is 0.255 e. The molecule has 21 heavy (non-hydrogen) atoms. The number of tetrazole rings is 1. The molecule has 3 N–H and O–H groups in total. The van der Waals surface area contributed by atoms with Crippen molar-refractivity contribution in [3.63, 3.8) is 0 Å². The zero-order valence-corrected chi connectivity index (χ0v) is 10.7. The van der Waals surface area contributed by atoms with E-state index in [4.69, 9.17) is 0 Å². The van der Waals surface area contributed by atoms with Crippen LogP contribution >= 0.6 is 0 Å². The Morgan fingerprint density at radius 3 is 2.86 bits per heavy atom. The summed E-state index contributed by atoms with van der Waals surface area (Å²) in [5.74, 6) is 0.0635. The largest absolute Gasteiger partial charge is 0.329 e. The first-order valence-corrected chi connectivity index (χ1v) is 6.06. The normalized spacial score (nSPS) is 10.3. The van der Waals surface area contributed by atoms with Crippen molar-refractivity contribution < 1.29 is 4.79 Å². The molecule has 0 aliphatic heterocycles. The molecule has 2 aromatic heterocycles. The Morgan fingerprint density at radius 2 is 2.10 bits per heavy atom. The fraction of sp³-hybridized carbons (Fsp3) is 0. The molecule has 0 radical (unpaired) electrons. The number of H-pyrrole nitrogens is 2. The number of anilines is 1. The summed E-state index contributed by atoms with van der Waals surface area (Å²) < 4.78 is 0. The zero-order valence-electron chi connectivity index (χ0n) is 10.7. The number of carbonyl (C=O) groups excluding carboxylic acids is 1. The summed E-state index contributed by atoms with van der Waals surface area (Å²) in [6.07, 6.45) is 1.42. The number of aromatic amines is 2. The number of hydrogen-bond donors (Lipinski definition) is 3. The van der Waals surface area contributed by atoms with E-state index >= 15 is 0 Å². The van der Waals surface area contributed by atoms with Crippen LogP contribution in [0.5, 0.6) is 0 Å². The molecule has 8 nitrogen and oxygen atoms in total. The lowest BCUT2D eigenvalue weighted by molar-refractivity contribution is 0.102. The van der Waals surface area contributed by atoms with E-state index in [-0.39, 0.29) is 17.0 Å². The van der Waals surface area contributed by atoms with Gasteiger partial charge in [0.15, 0.2) is 0 Å². The Hall–Kier alpha value is -3.29. The third-order valence-electron chi connectivity index (χ3n) is 2.76. The second-order valence-corrected chi connectivity index (χ2v) is 4.21. The first kappa shape index (κ1) is 12.7. The monoisotopic (exact) mass is 282 g/mol. The van der Waals surface area contributed by atoms with Gasteiger partial charge in [-0.2, -0.15) is 5.21 Å². The highest BCUT2D eigenvalue weighted by Crippen LogP contribution is 2.18. The van der Waals surface area contributed by atoms with Crippen LogP contribution < -0.4 is 10.9 Å². The average molecular weight is 282 g/mol. The minimum atomic E-state index is -0.369. The maximum atomic E-state index is 12.1. The van der Waals surface area contributed by atoms with Gasteiger partial charge >= 0.3 is 0 Å². The van der Waals surface area contributed by atoms with Crippen LogP contribution in [0.4, 0.5) is 5.69 Å². The first-order chi connectivity index (χ1) is 10.2. The first-order valence-electron chi connectivity index (χ1n) is 6.06. The summed E-state index contributed by atoms with van der Waals surface area (Å²) in [6, 6.07) is 9.77. The zero-order chi connectivity index (χ0) is 14.7. The van der Waals surface area contributed by atoms with Crippen LogP contribution in [0.3, 0.4) is 0 Å². The lowest BCUT2D eigenvalue weighted by atomic mass is 10.2. The van der Waals surface area contributed by atoms with E-state index in [1.165, 1.54) is 18.3 Å². The van der Waals surface area contributed by atoms with Crippen molar-refractivity contribution in [2.45, 2.75) is 0 Å². The lowest BCUT2D eigenvalue weighted by Gasteiger charge is -2.05. The second-order valence-electron chi connectivity index (χ2n) is 4.21. The number of nitrogens with zero attached hydrogens (tertiary/aromatic N) is 3. The summed E-state index contributed by atoms with van der Waals surface area (Å²) >= 11 is 0. The molecule has 0 unspecified atom stereocenters. The van der Waals surface area contributed by atoms with E-state index in [1.54, 1.807) is 24.3 Å². The van der Waals surface area contributed by atoms with Gasteiger partial charge in [0.25, 0.3) is 5.91 Å². The minimum absolute atomic E-state index is 0.281. The molecular weight excluding hydrogens is 272 g/mol. The molecule has 1 aromatic carbocycles. The van der Waals surface area contributed by atoms with Crippen LogP contribution in [0, 0.1) is 0 Å². The number of aromatic nitrogens is 5. The summed E-state index contributed by atoms with van der Waals surface area (Å²) in [5.41, 5.74) is 1.24. The van der Waals surface area contributed by atoms with E-state index in [9.17, 15) is 9.59 Å². The van der Waals surface area contributed by atoms with Gasteiger partial charge in [0.1, 0.15) is 0 Å². The molecule has 0 aliphatic carbocycles. The Bertz CT molecular complexity index is 824. The molecule has 0 atom stereocenters. The molecule has 1 amide bonds. The van der Waals surface area contributed by atoms with Crippen LogP contribution in [0.15, 0.2) is 47.4 Å². The summed E-state index contributed by atoms with van der Waals surface area (Å²) in [7, 11) is 0. The van der Waals surface area contributed by atoms with E-state index < -0.39 is 0 Å². The van der Waals surface area contributed by atoms with Gasteiger partial charge in [-0.25, -0.2) is 0 Å². The topological polar surface area (TPSA) is 116 Å². The minimum Gasteiger partial charge on any atom is -0.329 e. The van der Waals surface area contributed by atoms with Gasteiger partial charge in [-0.15, -0.1) is 10.2 Å². The highest BCUT2D eigenvalue weighted by molar-refractivity contribution is 6.04. The highest BCUT2D eigenvalue weighted by atomic mass is 16.2. The van der Waals surface area contributed by atoms with Crippen molar-refractivity contribution in [2.75, 3.05) is 5.32 Å². The summed E-state index contributed by atoms with van der Waals surface area (Å²) in [6.45, 7) is 0. The molecule has 0 saturated heterocycles. The van der Waals surface area contributed by atoms with Crippen molar-refractivity contribution in [1.29, 1.82) is 0 Å². The molecule has 3 aromatic rings. The van der Waals surface area contributed by atoms with Gasteiger partial charge in [-0.05, 0) is 23.4 Å². The van der Waals surface area contributed by atoms with Crippen LogP contribution in [-0.2, 0) is 0 Å². The fourth-order valence-corrected chi connectivity index (χ4v) is 1.81. The molecule has 0 saturated carbocycles. The number of nitrogens with one attached hydrogen (secondary N) is 3. The Morgan fingerprint density at radius 1 is 1.19 bits per heavy atom. The molecule has 8 heteroatoms. The standard InChI is InChI=1S/C13H10N6O2/c20-11-7-9(4-5-14-11)13(21)15-10-3-1-2-8(6-10)12-16-18-19-17-12/h1-7H,(H,14,20)(H,15,21)(H,16,17,18,19). The van der Waals surface area contributed by atoms with E-state index in [2.05, 4.69) is 30.9 Å². The maximum absolute atomic E-state index is 12.1. The summed E-state index contributed by atoms with van der Waals surface area (Å²) in [4.78, 5) is 25.7. The lowest BCUT2D eigenvalue weighted by Crippen LogP contribution is -2.15. The van der Waals surface area contributed by atoms with Crippen LogP contribution in [0.25, 0.3) is 11.4 Å². The molecule has 0 fully saturated rings. The predicted octanol–water partition coefficient (Wildman–Crippen LogP) is 0.807. The van der Waals surface area contributed by atoms with E-state index in [0.29, 0.717) is 17.1 Å². The number of amides is 1. The molecule has 0 bridgehead atoms. The van der Waals surface area contributed by atoms with Gasteiger partial charge in [-0.1, -0.05) is 12.1 Å². The molecule has 0 aliphatic rings. The third kappa shape index (κ3) is 2.84. The van der Waals surface area contributed by atoms with Gasteiger partial charge in [0.05, 0.1) is 0 Å². The Labute approximate surface area is 118 Å². The van der Waals surface area contributed by atoms with Crippen LogP contribution in [0.2, 0.25) is 0 Å². The molecule has 2 heterocycles. The number of carbonyl (C=O) groups is 1. The average Bonchev–Trinajstić information content (AvgIpc) is 3.02. The summed E-state index contributed by atoms with van der Waals surface area (Å²) in [5, 5.41) is 16.3. The molecule has 104 valence electrons. The van der Waals surface area contributed by atoms with Gasteiger partial charge in [-0.3, -0.25) is 9.59 Å². The quantitative estimate of drug-likeness (QED) is 0.657. The van der Waals surface area contributed by atoms with Crippen molar-refractivity contribution in [1.82, 2.24) is 25.6 Å². The van der Waals surface area contributed by atoms with Crippen molar-refractivity contribution in [3.05, 3.63) is 58.5 Å². The number of benzene rings is 1. The van der Waals surface area contributed by atoms with Crippen molar-refractivity contribution in [2.24, 2.45) is 0 Å². The SMILES string of the molecule is O=C(Nc1cccc(-c2nn[nH]n2)c1)c1cc[nH]c(=O)c1. The van der Waals surface area contributed by atoms with E-state index in [0.717, 1.165) is 0 Å². The molecular formula is C13H10N6O2. The molecule has 3 rings (SSSR count). The fourth-order valence-electron chi connectivity index (χ4n) is 1.81. The molecule has 0 spiro atoms. The Balaban J connectivity index is 1.84. The van der Waals surface area contributed by atoms with Gasteiger partial charge in [0.2, 0.25) is 11.4 Å². The van der Waals surface area contributed by atoms with E-state index in [1.807, 2.05) is 0 Å². The number of rotatable bonds is 3. The van der Waals surface area contributed by atoms with Crippen LogP contribution in [-0.4, -0.2) is 31.5 Å². The highest BCUT2D eigenvalue weighted by Gasteiger charge is 2.08.